The van der Waals surface area contributed by atoms with Crippen LogP contribution in [-0.2, 0) is 0 Å². The summed E-state index contributed by atoms with van der Waals surface area (Å²) in [4.78, 5) is 28.6. The van der Waals surface area contributed by atoms with Crippen molar-refractivity contribution in [3.05, 3.63) is 41.7 Å². The third kappa shape index (κ3) is 5.09. The number of aromatic nitrogens is 4. The Kier molecular flexibility index (Phi) is 6.35. The van der Waals surface area contributed by atoms with Crippen LogP contribution in [0.3, 0.4) is 0 Å². The molecule has 0 spiro atoms. The first-order chi connectivity index (χ1) is 16.8. The highest BCUT2D eigenvalue weighted by molar-refractivity contribution is 6.18. The standard InChI is InChI=1S/C24H27F3N6O2/c25-21-16(4-5-18(33-21)31-13-6-8-24(26,27)9-7-13)20(35)17-11-28-22-19(17)23(30-12-29-22)32-14-2-1-3-15(34)10-14/h4-5,11-15,34H,1-3,6-10H2,(H,31,33)(H2,28,29,30,32)/t14-,15-/m1/s1. The second-order valence-corrected chi connectivity index (χ2v) is 9.45. The Labute approximate surface area is 199 Å². The number of pyridine rings is 1. The SMILES string of the molecule is O=C(c1ccc(NC2CCC(F)(F)CC2)nc1F)c1c[nH]c2ncnc(N[C@@H]3CCC[C@@H](O)C3)c12. The summed E-state index contributed by atoms with van der Waals surface area (Å²) in [5.74, 6) is -3.53. The van der Waals surface area contributed by atoms with Gasteiger partial charge in [0.25, 0.3) is 0 Å². The summed E-state index contributed by atoms with van der Waals surface area (Å²) < 4.78 is 41.7. The van der Waals surface area contributed by atoms with E-state index in [1.165, 1.54) is 24.7 Å². The van der Waals surface area contributed by atoms with E-state index in [2.05, 4.69) is 30.6 Å². The molecule has 11 heteroatoms. The first-order valence-electron chi connectivity index (χ1n) is 11.9. The lowest BCUT2D eigenvalue weighted by atomic mass is 9.92. The molecule has 4 N–H and O–H groups in total. The second-order valence-electron chi connectivity index (χ2n) is 9.45. The van der Waals surface area contributed by atoms with Gasteiger partial charge in [-0.1, -0.05) is 0 Å². The van der Waals surface area contributed by atoms with Gasteiger partial charge in [0.05, 0.1) is 22.6 Å². The van der Waals surface area contributed by atoms with E-state index in [1.807, 2.05) is 0 Å². The van der Waals surface area contributed by atoms with Gasteiger partial charge in [0, 0.05) is 31.1 Å². The van der Waals surface area contributed by atoms with Gasteiger partial charge in [-0.15, -0.1) is 0 Å². The fourth-order valence-electron chi connectivity index (χ4n) is 4.96. The van der Waals surface area contributed by atoms with Gasteiger partial charge in [0.15, 0.2) is 5.78 Å². The van der Waals surface area contributed by atoms with Gasteiger partial charge in [-0.25, -0.2) is 23.7 Å². The lowest BCUT2D eigenvalue weighted by molar-refractivity contribution is -0.0361. The Balaban J connectivity index is 1.36. The lowest BCUT2D eigenvalue weighted by Gasteiger charge is -2.29. The van der Waals surface area contributed by atoms with E-state index in [1.54, 1.807) is 0 Å². The molecule has 0 bridgehead atoms. The highest BCUT2D eigenvalue weighted by atomic mass is 19.3. The highest BCUT2D eigenvalue weighted by Crippen LogP contribution is 2.34. The van der Waals surface area contributed by atoms with Gasteiger partial charge in [0.1, 0.15) is 23.6 Å². The molecule has 0 radical (unpaired) electrons. The molecule has 2 atom stereocenters. The van der Waals surface area contributed by atoms with Crippen molar-refractivity contribution >= 4 is 28.5 Å². The van der Waals surface area contributed by atoms with E-state index < -0.39 is 17.7 Å². The molecule has 0 aromatic carbocycles. The van der Waals surface area contributed by atoms with Crippen molar-refractivity contribution in [2.75, 3.05) is 10.6 Å². The number of carbonyl (C=O) groups is 1. The number of carbonyl (C=O) groups excluding carboxylic acids is 1. The lowest BCUT2D eigenvalue weighted by Crippen LogP contribution is -2.32. The monoisotopic (exact) mass is 488 g/mol. The molecule has 35 heavy (non-hydrogen) atoms. The number of hydrogen-bond donors (Lipinski definition) is 4. The van der Waals surface area contributed by atoms with Crippen LogP contribution in [-0.4, -0.2) is 54.9 Å². The van der Waals surface area contributed by atoms with Crippen molar-refractivity contribution in [3.8, 4) is 0 Å². The number of nitrogens with one attached hydrogen (secondary N) is 3. The molecule has 5 rings (SSSR count). The molecule has 3 heterocycles. The van der Waals surface area contributed by atoms with Crippen LogP contribution in [0.15, 0.2) is 24.7 Å². The molecule has 2 fully saturated rings. The van der Waals surface area contributed by atoms with E-state index in [0.717, 1.165) is 19.3 Å². The Morgan fingerprint density at radius 3 is 2.60 bits per heavy atom. The van der Waals surface area contributed by atoms with Crippen molar-refractivity contribution in [2.45, 2.75) is 75.5 Å². The topological polar surface area (TPSA) is 116 Å². The number of aliphatic hydroxyl groups excluding tert-OH is 1. The van der Waals surface area contributed by atoms with Crippen LogP contribution < -0.4 is 10.6 Å². The quantitative estimate of drug-likeness (QED) is 0.300. The molecule has 2 saturated carbocycles. The molecule has 2 aliphatic rings. The van der Waals surface area contributed by atoms with E-state index in [-0.39, 0.29) is 60.8 Å². The molecule has 0 amide bonds. The summed E-state index contributed by atoms with van der Waals surface area (Å²) in [5.41, 5.74) is 0.424. The van der Waals surface area contributed by atoms with Gasteiger partial charge in [-0.05, 0) is 50.7 Å². The first kappa shape index (κ1) is 23.5. The summed E-state index contributed by atoms with van der Waals surface area (Å²) in [6.07, 6.45) is 5.62. The molecule has 8 nitrogen and oxygen atoms in total. The van der Waals surface area contributed by atoms with Crippen LogP contribution in [0.25, 0.3) is 11.0 Å². The number of rotatable bonds is 6. The third-order valence-corrected chi connectivity index (χ3v) is 6.86. The number of H-pyrrole nitrogens is 1. The summed E-state index contributed by atoms with van der Waals surface area (Å²) in [7, 11) is 0. The maximum atomic E-state index is 14.9. The van der Waals surface area contributed by atoms with E-state index in [9.17, 15) is 23.1 Å². The van der Waals surface area contributed by atoms with E-state index >= 15 is 0 Å². The minimum absolute atomic E-state index is 0.00167. The van der Waals surface area contributed by atoms with Gasteiger partial charge in [0.2, 0.25) is 11.9 Å². The Hall–Kier alpha value is -3.21. The van der Waals surface area contributed by atoms with Gasteiger partial charge in [-0.3, -0.25) is 4.79 Å². The number of nitrogens with zero attached hydrogens (tertiary/aromatic N) is 3. The van der Waals surface area contributed by atoms with Crippen LogP contribution in [0, 0.1) is 5.95 Å². The number of aromatic amines is 1. The van der Waals surface area contributed by atoms with Gasteiger partial charge >= 0.3 is 0 Å². The maximum Gasteiger partial charge on any atom is 0.248 e. The zero-order valence-electron chi connectivity index (χ0n) is 19.0. The number of anilines is 2. The molecule has 0 saturated heterocycles. The number of halogens is 3. The van der Waals surface area contributed by atoms with Gasteiger partial charge < -0.3 is 20.7 Å². The zero-order valence-corrected chi connectivity index (χ0v) is 19.0. The largest absolute Gasteiger partial charge is 0.393 e. The predicted octanol–water partition coefficient (Wildman–Crippen LogP) is 4.43. The molecule has 3 aromatic rings. The predicted molar refractivity (Wildman–Crippen MR) is 124 cm³/mol. The van der Waals surface area contributed by atoms with Crippen LogP contribution >= 0.6 is 0 Å². The smallest absolute Gasteiger partial charge is 0.248 e. The van der Waals surface area contributed by atoms with E-state index in [0.29, 0.717) is 23.3 Å². The molecule has 0 unspecified atom stereocenters. The molecular formula is C24H27F3N6O2. The maximum absolute atomic E-state index is 14.9. The Bertz CT molecular complexity index is 1220. The summed E-state index contributed by atoms with van der Waals surface area (Å²) in [6, 6.07) is 2.60. The highest BCUT2D eigenvalue weighted by Gasteiger charge is 2.35. The van der Waals surface area contributed by atoms with Crippen molar-refractivity contribution in [1.82, 2.24) is 19.9 Å². The number of aliphatic hydroxyl groups is 1. The average Bonchev–Trinajstić information content (AvgIpc) is 3.26. The zero-order chi connectivity index (χ0) is 24.6. The fourth-order valence-corrected chi connectivity index (χ4v) is 4.96. The summed E-state index contributed by atoms with van der Waals surface area (Å²) in [6.45, 7) is 0. The average molecular weight is 489 g/mol. The van der Waals surface area contributed by atoms with Crippen molar-refractivity contribution in [3.63, 3.8) is 0 Å². The van der Waals surface area contributed by atoms with Gasteiger partial charge in [-0.2, -0.15) is 4.39 Å². The van der Waals surface area contributed by atoms with Crippen LogP contribution in [0.4, 0.5) is 24.8 Å². The number of alkyl halides is 2. The van der Waals surface area contributed by atoms with Crippen molar-refractivity contribution in [2.24, 2.45) is 0 Å². The molecular weight excluding hydrogens is 461 g/mol. The normalized spacial score (nSPS) is 22.7. The molecule has 186 valence electrons. The third-order valence-electron chi connectivity index (χ3n) is 6.86. The first-order valence-corrected chi connectivity index (χ1v) is 11.9. The van der Waals surface area contributed by atoms with Crippen molar-refractivity contribution < 1.29 is 23.1 Å². The van der Waals surface area contributed by atoms with Crippen LogP contribution in [0.1, 0.15) is 67.3 Å². The van der Waals surface area contributed by atoms with E-state index in [4.69, 9.17) is 0 Å². The van der Waals surface area contributed by atoms with Crippen LogP contribution in [0.2, 0.25) is 0 Å². The summed E-state index contributed by atoms with van der Waals surface area (Å²) >= 11 is 0. The Morgan fingerprint density at radius 2 is 1.86 bits per heavy atom. The molecule has 2 aliphatic carbocycles. The summed E-state index contributed by atoms with van der Waals surface area (Å²) in [5, 5.41) is 16.7. The fraction of sp³-hybridized carbons (Fsp3) is 0.500. The molecule has 0 aliphatic heterocycles. The minimum atomic E-state index is -2.65. The van der Waals surface area contributed by atoms with Crippen LogP contribution in [0.5, 0.6) is 0 Å². The number of hydrogen-bond acceptors (Lipinski definition) is 7. The minimum Gasteiger partial charge on any atom is -0.393 e. The molecule has 3 aromatic heterocycles. The Morgan fingerprint density at radius 1 is 1.06 bits per heavy atom. The van der Waals surface area contributed by atoms with Crippen molar-refractivity contribution in [1.29, 1.82) is 0 Å². The number of ketones is 1. The second kappa shape index (κ2) is 9.44. The number of fused-ring (bicyclic) bond motifs is 1.